The molecule has 2 rings (SSSR count). The molecule has 9 heteroatoms. The van der Waals surface area contributed by atoms with Crippen molar-refractivity contribution < 1.29 is 22.0 Å². The van der Waals surface area contributed by atoms with Gasteiger partial charge in [0, 0.05) is 18.7 Å². The van der Waals surface area contributed by atoms with Crippen molar-refractivity contribution in [1.82, 2.24) is 15.4 Å². The third-order valence-electron chi connectivity index (χ3n) is 3.32. The molecule has 122 valence electrons. The Balaban J connectivity index is 1.90. The van der Waals surface area contributed by atoms with E-state index in [0.717, 1.165) is 24.5 Å². The number of rotatable bonds is 6. The lowest BCUT2D eigenvalue weighted by Crippen LogP contribution is -2.44. The van der Waals surface area contributed by atoms with Crippen molar-refractivity contribution in [3.05, 3.63) is 35.4 Å². The molecule has 0 heterocycles. The van der Waals surface area contributed by atoms with Crippen molar-refractivity contribution >= 4 is 16.1 Å². The molecular formula is C13H17F2N3O3S. The highest BCUT2D eigenvalue weighted by Gasteiger charge is 2.47. The molecule has 3 N–H and O–H groups in total. The molecule has 2 amide bonds. The number of halogens is 2. The summed E-state index contributed by atoms with van der Waals surface area (Å²) >= 11 is 0. The number of carbonyl (C=O) groups excluding carboxylic acids is 1. The number of urea groups is 1. The third kappa shape index (κ3) is 4.38. The summed E-state index contributed by atoms with van der Waals surface area (Å²) < 4.78 is 51.0. The summed E-state index contributed by atoms with van der Waals surface area (Å²) in [6.07, 6.45) is 2.05. The maximum absolute atomic E-state index is 13.8. The van der Waals surface area contributed by atoms with Crippen molar-refractivity contribution in [1.29, 1.82) is 0 Å². The second-order valence-corrected chi connectivity index (χ2v) is 7.09. The van der Waals surface area contributed by atoms with E-state index in [4.69, 9.17) is 0 Å². The van der Waals surface area contributed by atoms with E-state index >= 15 is 0 Å². The van der Waals surface area contributed by atoms with Gasteiger partial charge in [-0.2, -0.15) is 0 Å². The van der Waals surface area contributed by atoms with Crippen LogP contribution in [-0.2, 0) is 15.6 Å². The molecule has 1 aromatic rings. The molecule has 0 spiro atoms. The number of nitrogens with one attached hydrogen (secondary N) is 3. The van der Waals surface area contributed by atoms with E-state index in [-0.39, 0.29) is 18.7 Å². The van der Waals surface area contributed by atoms with Crippen LogP contribution in [0.25, 0.3) is 0 Å². The second-order valence-electron chi connectivity index (χ2n) is 5.25. The Bertz CT molecular complexity index is 675. The highest BCUT2D eigenvalue weighted by Crippen LogP contribution is 2.46. The molecule has 1 fully saturated rings. The van der Waals surface area contributed by atoms with E-state index in [2.05, 4.69) is 15.4 Å². The average Bonchev–Trinajstić information content (AvgIpc) is 3.17. The standard InChI is InChI=1S/C13H17F2N3O3S/c1-22(20,21)17-7-6-16-12(19)18-13(4-5-13)10-8-9(14)2-3-11(10)15/h2-3,8,17H,4-7H2,1H3,(H2,16,18,19). The lowest BCUT2D eigenvalue weighted by molar-refractivity contribution is 0.235. The van der Waals surface area contributed by atoms with E-state index in [1.807, 2.05) is 0 Å². The van der Waals surface area contributed by atoms with Crippen molar-refractivity contribution in [2.45, 2.75) is 18.4 Å². The highest BCUT2D eigenvalue weighted by molar-refractivity contribution is 7.88. The molecule has 0 unspecified atom stereocenters. The molecular weight excluding hydrogens is 316 g/mol. The summed E-state index contributed by atoms with van der Waals surface area (Å²) in [5, 5.41) is 5.08. The number of carbonyl (C=O) groups is 1. The summed E-state index contributed by atoms with van der Waals surface area (Å²) in [6, 6.07) is 2.57. The van der Waals surface area contributed by atoms with Gasteiger partial charge in [0.2, 0.25) is 10.0 Å². The first-order chi connectivity index (χ1) is 10.2. The molecule has 1 aliphatic carbocycles. The van der Waals surface area contributed by atoms with Crippen LogP contribution in [0.2, 0.25) is 0 Å². The first-order valence-electron chi connectivity index (χ1n) is 6.68. The predicted octanol–water partition coefficient (Wildman–Crippen LogP) is 0.802. The number of hydrogen-bond donors (Lipinski definition) is 3. The van der Waals surface area contributed by atoms with Crippen molar-refractivity contribution in [3.63, 3.8) is 0 Å². The molecule has 22 heavy (non-hydrogen) atoms. The van der Waals surface area contributed by atoms with Gasteiger partial charge in [-0.3, -0.25) is 0 Å². The summed E-state index contributed by atoms with van der Waals surface area (Å²) in [4.78, 5) is 11.8. The van der Waals surface area contributed by atoms with Gasteiger partial charge >= 0.3 is 6.03 Å². The van der Waals surface area contributed by atoms with Crippen molar-refractivity contribution in [2.24, 2.45) is 0 Å². The van der Waals surface area contributed by atoms with Crippen LogP contribution in [0.3, 0.4) is 0 Å². The molecule has 0 atom stereocenters. The molecule has 0 aliphatic heterocycles. The number of sulfonamides is 1. The Morgan fingerprint density at radius 1 is 1.27 bits per heavy atom. The van der Waals surface area contributed by atoms with Crippen LogP contribution in [0.4, 0.5) is 13.6 Å². The number of benzene rings is 1. The van der Waals surface area contributed by atoms with Gasteiger partial charge in [-0.15, -0.1) is 0 Å². The molecule has 0 aromatic heterocycles. The monoisotopic (exact) mass is 333 g/mol. The van der Waals surface area contributed by atoms with Gasteiger partial charge < -0.3 is 10.6 Å². The zero-order valence-corrected chi connectivity index (χ0v) is 12.8. The molecule has 1 aliphatic rings. The minimum atomic E-state index is -3.31. The van der Waals surface area contributed by atoms with E-state index in [1.54, 1.807) is 0 Å². The van der Waals surface area contributed by atoms with Crippen LogP contribution in [0.1, 0.15) is 18.4 Å². The normalized spacial score (nSPS) is 16.1. The Kier molecular flexibility index (Phi) is 4.66. The summed E-state index contributed by atoms with van der Waals surface area (Å²) in [6.45, 7) is 0.133. The Morgan fingerprint density at radius 2 is 1.95 bits per heavy atom. The fourth-order valence-electron chi connectivity index (χ4n) is 2.12. The van der Waals surface area contributed by atoms with Crippen LogP contribution in [-0.4, -0.2) is 33.8 Å². The molecule has 1 saturated carbocycles. The van der Waals surface area contributed by atoms with Crippen LogP contribution in [0, 0.1) is 11.6 Å². The largest absolute Gasteiger partial charge is 0.337 e. The zero-order valence-electron chi connectivity index (χ0n) is 11.9. The van der Waals surface area contributed by atoms with Crippen LogP contribution in [0.5, 0.6) is 0 Å². The van der Waals surface area contributed by atoms with Gasteiger partial charge in [0.25, 0.3) is 0 Å². The van der Waals surface area contributed by atoms with Crippen LogP contribution >= 0.6 is 0 Å². The number of amides is 2. The minimum Gasteiger partial charge on any atom is -0.337 e. The van der Waals surface area contributed by atoms with Crippen molar-refractivity contribution in [2.75, 3.05) is 19.3 Å². The van der Waals surface area contributed by atoms with Crippen molar-refractivity contribution in [3.8, 4) is 0 Å². The molecule has 6 nitrogen and oxygen atoms in total. The highest BCUT2D eigenvalue weighted by atomic mass is 32.2. The van der Waals surface area contributed by atoms with Gasteiger partial charge in [-0.25, -0.2) is 26.7 Å². The fraction of sp³-hybridized carbons (Fsp3) is 0.462. The zero-order chi connectivity index (χ0) is 16.4. The van der Waals surface area contributed by atoms with E-state index in [9.17, 15) is 22.0 Å². The van der Waals surface area contributed by atoms with Gasteiger partial charge in [0.1, 0.15) is 11.6 Å². The number of hydrogen-bond acceptors (Lipinski definition) is 3. The van der Waals surface area contributed by atoms with E-state index in [1.165, 1.54) is 0 Å². The summed E-state index contributed by atoms with van der Waals surface area (Å²) in [5.74, 6) is -1.14. The quantitative estimate of drug-likeness (QED) is 0.673. The summed E-state index contributed by atoms with van der Waals surface area (Å²) in [5.41, 5.74) is -0.766. The molecule has 1 aromatic carbocycles. The van der Waals surface area contributed by atoms with Crippen LogP contribution < -0.4 is 15.4 Å². The Labute approximate surface area is 127 Å². The first kappa shape index (κ1) is 16.6. The lowest BCUT2D eigenvalue weighted by Gasteiger charge is -2.19. The minimum absolute atomic E-state index is 0.0492. The maximum Gasteiger partial charge on any atom is 0.315 e. The van der Waals surface area contributed by atoms with Gasteiger partial charge in [-0.05, 0) is 31.0 Å². The van der Waals surface area contributed by atoms with Gasteiger partial charge in [0.15, 0.2) is 0 Å². The molecule has 0 bridgehead atoms. The third-order valence-corrected chi connectivity index (χ3v) is 4.05. The van der Waals surface area contributed by atoms with Gasteiger partial charge in [0.05, 0.1) is 11.8 Å². The van der Waals surface area contributed by atoms with E-state index < -0.39 is 33.2 Å². The fourth-order valence-corrected chi connectivity index (χ4v) is 2.60. The van der Waals surface area contributed by atoms with Crippen LogP contribution in [0.15, 0.2) is 18.2 Å². The second kappa shape index (κ2) is 6.17. The molecule has 0 radical (unpaired) electrons. The Hall–Kier alpha value is -1.74. The average molecular weight is 333 g/mol. The topological polar surface area (TPSA) is 87.3 Å². The first-order valence-corrected chi connectivity index (χ1v) is 8.57. The SMILES string of the molecule is CS(=O)(=O)NCCNC(=O)NC1(c2cc(F)ccc2F)CC1. The lowest BCUT2D eigenvalue weighted by atomic mass is 10.0. The smallest absolute Gasteiger partial charge is 0.315 e. The van der Waals surface area contributed by atoms with Gasteiger partial charge in [-0.1, -0.05) is 0 Å². The predicted molar refractivity (Wildman–Crippen MR) is 76.7 cm³/mol. The molecule has 0 saturated heterocycles. The Morgan fingerprint density at radius 3 is 2.55 bits per heavy atom. The van der Waals surface area contributed by atoms with E-state index in [0.29, 0.717) is 12.8 Å². The summed E-state index contributed by atoms with van der Waals surface area (Å²) in [7, 11) is -3.31. The maximum atomic E-state index is 13.8.